The molecule has 0 aliphatic carbocycles. The molecule has 1 amide bonds. The van der Waals surface area contributed by atoms with Gasteiger partial charge in [0.2, 0.25) is 0 Å². The van der Waals surface area contributed by atoms with Gasteiger partial charge in [-0.3, -0.25) is 4.79 Å². The number of benzene rings is 1. The summed E-state index contributed by atoms with van der Waals surface area (Å²) in [6, 6.07) is 8.26. The van der Waals surface area contributed by atoms with E-state index in [0.717, 1.165) is 43.0 Å². The van der Waals surface area contributed by atoms with Crippen LogP contribution in [0.25, 0.3) is 5.69 Å². The zero-order valence-corrected chi connectivity index (χ0v) is 16.8. The number of aryl methyl sites for hydroxylation is 1. The second kappa shape index (κ2) is 8.69. The fourth-order valence-corrected chi connectivity index (χ4v) is 3.61. The number of likely N-dealkylation sites (tertiary alicyclic amines) is 1. The van der Waals surface area contributed by atoms with Crippen molar-refractivity contribution in [1.82, 2.24) is 20.0 Å². The summed E-state index contributed by atoms with van der Waals surface area (Å²) in [4.78, 5) is 15.0. The molecule has 142 valence electrons. The van der Waals surface area contributed by atoms with Gasteiger partial charge in [-0.05, 0) is 50.9 Å². The zero-order valence-electron chi connectivity index (χ0n) is 16.0. The quantitative estimate of drug-likeness (QED) is 0.869. The topological polar surface area (TPSA) is 50.2 Å². The Bertz CT molecular complexity index is 739. The van der Waals surface area contributed by atoms with Gasteiger partial charge in [0.05, 0.1) is 23.1 Å². The van der Waals surface area contributed by atoms with E-state index in [4.69, 9.17) is 0 Å². The van der Waals surface area contributed by atoms with Crippen LogP contribution >= 0.6 is 12.4 Å². The summed E-state index contributed by atoms with van der Waals surface area (Å²) in [5.41, 5.74) is 3.94. The highest BCUT2D eigenvalue weighted by molar-refractivity contribution is 5.95. The van der Waals surface area contributed by atoms with Gasteiger partial charge in [-0.1, -0.05) is 31.5 Å². The average Bonchev–Trinajstić information content (AvgIpc) is 3.22. The molecule has 6 heteroatoms. The molecule has 1 aliphatic rings. The summed E-state index contributed by atoms with van der Waals surface area (Å²) >= 11 is 0. The highest BCUT2D eigenvalue weighted by Crippen LogP contribution is 2.26. The SMILES string of the molecule is CNCC1CCN(C(=O)c2cnn(-c3ccc(C)cc3)c2C(C)C)C1.Cl. The molecule has 0 saturated carbocycles. The van der Waals surface area contributed by atoms with E-state index in [2.05, 4.69) is 55.5 Å². The normalized spacial score (nSPS) is 16.8. The van der Waals surface area contributed by atoms with Gasteiger partial charge in [0.15, 0.2) is 0 Å². The summed E-state index contributed by atoms with van der Waals surface area (Å²) in [6.07, 6.45) is 2.80. The second-order valence-electron chi connectivity index (χ2n) is 7.31. The van der Waals surface area contributed by atoms with E-state index in [-0.39, 0.29) is 24.2 Å². The van der Waals surface area contributed by atoms with E-state index in [1.807, 2.05) is 16.6 Å². The third-order valence-electron chi connectivity index (χ3n) is 4.93. The lowest BCUT2D eigenvalue weighted by Crippen LogP contribution is -2.31. The van der Waals surface area contributed by atoms with Gasteiger partial charge in [-0.25, -0.2) is 4.68 Å². The van der Waals surface area contributed by atoms with Crippen molar-refractivity contribution in [3.63, 3.8) is 0 Å². The molecule has 26 heavy (non-hydrogen) atoms. The molecule has 3 rings (SSSR count). The fraction of sp³-hybridized carbons (Fsp3) is 0.500. The molecule has 2 aromatic rings. The molecule has 1 aliphatic heterocycles. The highest BCUT2D eigenvalue weighted by Gasteiger charge is 2.30. The minimum atomic E-state index is 0. The molecule has 5 nitrogen and oxygen atoms in total. The summed E-state index contributed by atoms with van der Waals surface area (Å²) < 4.78 is 1.92. The molecule has 0 radical (unpaired) electrons. The van der Waals surface area contributed by atoms with Gasteiger partial charge in [0.25, 0.3) is 5.91 Å². The molecule has 1 saturated heterocycles. The Kier molecular flexibility index (Phi) is 6.84. The predicted octanol–water partition coefficient (Wildman–Crippen LogP) is 3.41. The van der Waals surface area contributed by atoms with Crippen molar-refractivity contribution in [2.75, 3.05) is 26.7 Å². The van der Waals surface area contributed by atoms with Crippen LogP contribution in [0.3, 0.4) is 0 Å². The Morgan fingerprint density at radius 2 is 2.00 bits per heavy atom. The van der Waals surface area contributed by atoms with Crippen LogP contribution in [0.5, 0.6) is 0 Å². The zero-order chi connectivity index (χ0) is 18.0. The molecule has 0 spiro atoms. The van der Waals surface area contributed by atoms with Gasteiger partial charge < -0.3 is 10.2 Å². The Labute approximate surface area is 162 Å². The minimum absolute atomic E-state index is 0. The van der Waals surface area contributed by atoms with Gasteiger partial charge in [0.1, 0.15) is 0 Å². The third kappa shape index (κ3) is 4.10. The summed E-state index contributed by atoms with van der Waals surface area (Å²) in [6.45, 7) is 8.92. The summed E-state index contributed by atoms with van der Waals surface area (Å²) in [7, 11) is 1.97. The number of nitrogens with one attached hydrogen (secondary N) is 1. The number of hydrogen-bond donors (Lipinski definition) is 1. The number of nitrogens with zero attached hydrogens (tertiary/aromatic N) is 3. The first-order valence-electron chi connectivity index (χ1n) is 9.10. The van der Waals surface area contributed by atoms with Crippen molar-refractivity contribution in [2.45, 2.75) is 33.1 Å². The average molecular weight is 377 g/mol. The standard InChI is InChI=1S/C20H28N4O.ClH/c1-14(2)19-18(20(25)23-10-9-16(13-23)11-21-4)12-22-24(19)17-7-5-15(3)6-8-17;/h5-8,12,14,16,21H,9-11,13H2,1-4H3;1H. The molecule has 1 fully saturated rings. The van der Waals surface area contributed by atoms with Crippen LogP contribution in [-0.4, -0.2) is 47.3 Å². The first kappa shape index (κ1) is 20.5. The number of amides is 1. The number of hydrogen-bond acceptors (Lipinski definition) is 3. The van der Waals surface area contributed by atoms with Crippen molar-refractivity contribution in [2.24, 2.45) is 5.92 Å². The highest BCUT2D eigenvalue weighted by atomic mass is 35.5. The Balaban J connectivity index is 0.00000243. The van der Waals surface area contributed by atoms with Gasteiger partial charge in [-0.15, -0.1) is 12.4 Å². The van der Waals surface area contributed by atoms with Crippen molar-refractivity contribution in [3.8, 4) is 5.69 Å². The largest absolute Gasteiger partial charge is 0.338 e. The summed E-state index contributed by atoms with van der Waals surface area (Å²) in [5.74, 6) is 0.878. The fourth-order valence-electron chi connectivity index (χ4n) is 3.61. The minimum Gasteiger partial charge on any atom is -0.338 e. The Morgan fingerprint density at radius 3 is 2.62 bits per heavy atom. The van der Waals surface area contributed by atoms with Gasteiger partial charge in [-0.2, -0.15) is 5.10 Å². The van der Waals surface area contributed by atoms with Crippen LogP contribution in [0, 0.1) is 12.8 Å². The number of aromatic nitrogens is 2. The number of carbonyl (C=O) groups is 1. The molecule has 1 aromatic carbocycles. The first-order valence-corrected chi connectivity index (χ1v) is 9.10. The maximum atomic E-state index is 13.1. The van der Waals surface area contributed by atoms with Crippen LogP contribution < -0.4 is 5.32 Å². The van der Waals surface area contributed by atoms with Gasteiger partial charge in [0, 0.05) is 13.1 Å². The van der Waals surface area contributed by atoms with E-state index in [9.17, 15) is 4.79 Å². The second-order valence-corrected chi connectivity index (χ2v) is 7.31. The maximum absolute atomic E-state index is 13.1. The first-order chi connectivity index (χ1) is 12.0. The molecule has 1 atom stereocenters. The van der Waals surface area contributed by atoms with E-state index in [1.54, 1.807) is 6.20 Å². The van der Waals surface area contributed by atoms with Crippen LogP contribution in [0.4, 0.5) is 0 Å². The number of halogens is 1. The summed E-state index contributed by atoms with van der Waals surface area (Å²) in [5, 5.41) is 7.76. The van der Waals surface area contributed by atoms with Crippen LogP contribution in [-0.2, 0) is 0 Å². The van der Waals surface area contributed by atoms with Crippen LogP contribution in [0.1, 0.15) is 47.8 Å². The molecular formula is C20H29ClN4O. The number of rotatable bonds is 5. The lowest BCUT2D eigenvalue weighted by molar-refractivity contribution is 0.0785. The van der Waals surface area contributed by atoms with E-state index in [0.29, 0.717) is 5.92 Å². The van der Waals surface area contributed by atoms with Crippen molar-refractivity contribution < 1.29 is 4.79 Å². The van der Waals surface area contributed by atoms with Gasteiger partial charge >= 0.3 is 0 Å². The molecule has 0 bridgehead atoms. The van der Waals surface area contributed by atoms with E-state index < -0.39 is 0 Å². The lowest BCUT2D eigenvalue weighted by atomic mass is 10.0. The van der Waals surface area contributed by atoms with Crippen molar-refractivity contribution in [3.05, 3.63) is 47.3 Å². The Morgan fingerprint density at radius 1 is 1.31 bits per heavy atom. The Hall–Kier alpha value is -1.85. The van der Waals surface area contributed by atoms with E-state index in [1.165, 1.54) is 5.56 Å². The monoisotopic (exact) mass is 376 g/mol. The molecule has 2 heterocycles. The maximum Gasteiger partial charge on any atom is 0.257 e. The molecule has 1 aromatic heterocycles. The molecule has 1 N–H and O–H groups in total. The smallest absolute Gasteiger partial charge is 0.257 e. The van der Waals surface area contributed by atoms with Crippen LogP contribution in [0.2, 0.25) is 0 Å². The predicted molar refractivity (Wildman–Crippen MR) is 108 cm³/mol. The van der Waals surface area contributed by atoms with E-state index >= 15 is 0 Å². The number of carbonyl (C=O) groups excluding carboxylic acids is 1. The third-order valence-corrected chi connectivity index (χ3v) is 4.93. The molecule has 1 unspecified atom stereocenters. The van der Waals surface area contributed by atoms with Crippen molar-refractivity contribution in [1.29, 1.82) is 0 Å². The molecular weight excluding hydrogens is 348 g/mol. The lowest BCUT2D eigenvalue weighted by Gasteiger charge is -2.18. The van der Waals surface area contributed by atoms with Crippen LogP contribution in [0.15, 0.2) is 30.5 Å². The van der Waals surface area contributed by atoms with Crippen molar-refractivity contribution >= 4 is 18.3 Å².